The van der Waals surface area contributed by atoms with Crippen LogP contribution in [0.3, 0.4) is 0 Å². The zero-order chi connectivity index (χ0) is 18.9. The molecule has 3 rings (SSSR count). The molecule has 0 amide bonds. The van der Waals surface area contributed by atoms with E-state index in [4.69, 9.17) is 4.74 Å². The first-order valence-corrected chi connectivity index (χ1v) is 8.82. The first-order valence-electron chi connectivity index (χ1n) is 8.82. The highest BCUT2D eigenvalue weighted by atomic mass is 127. The minimum atomic E-state index is 0. The molecule has 0 spiro atoms. The molecule has 0 aliphatic heterocycles. The maximum absolute atomic E-state index is 5.98. The highest BCUT2D eigenvalue weighted by Gasteiger charge is 2.06. The Morgan fingerprint density at radius 2 is 1.82 bits per heavy atom. The molecule has 0 saturated carbocycles. The second-order valence-corrected chi connectivity index (χ2v) is 5.86. The summed E-state index contributed by atoms with van der Waals surface area (Å²) >= 11 is 0. The molecule has 148 valence electrons. The van der Waals surface area contributed by atoms with Gasteiger partial charge in [0, 0.05) is 19.7 Å². The third-order valence-corrected chi connectivity index (χ3v) is 4.07. The average molecular weight is 492 g/mol. The van der Waals surface area contributed by atoms with Gasteiger partial charge in [-0.3, -0.25) is 9.67 Å². The number of hydrogen-bond acceptors (Lipinski definition) is 4. The van der Waals surface area contributed by atoms with Gasteiger partial charge < -0.3 is 15.4 Å². The summed E-state index contributed by atoms with van der Waals surface area (Å²) in [5, 5.41) is 10.5. The summed E-state index contributed by atoms with van der Waals surface area (Å²) in [6.07, 6.45) is 1.53. The van der Waals surface area contributed by atoms with Crippen LogP contribution < -0.4 is 15.4 Å². The van der Waals surface area contributed by atoms with E-state index < -0.39 is 0 Å². The topological polar surface area (TPSA) is 76.4 Å². The van der Waals surface area contributed by atoms with Crippen LogP contribution >= 0.6 is 24.0 Å². The highest BCUT2D eigenvalue weighted by Crippen LogP contribution is 2.29. The van der Waals surface area contributed by atoms with Crippen LogP contribution in [0.2, 0.25) is 0 Å². The number of benzene rings is 2. The molecular weight excluding hydrogens is 467 g/mol. The van der Waals surface area contributed by atoms with E-state index in [1.807, 2.05) is 43.4 Å². The molecule has 0 aliphatic rings. The van der Waals surface area contributed by atoms with Crippen molar-refractivity contribution in [2.24, 2.45) is 12.0 Å². The van der Waals surface area contributed by atoms with Crippen molar-refractivity contribution in [3.63, 3.8) is 0 Å². The largest absolute Gasteiger partial charge is 0.491 e. The molecule has 0 aliphatic carbocycles. The summed E-state index contributed by atoms with van der Waals surface area (Å²) in [4.78, 5) is 8.39. The molecule has 7 nitrogen and oxygen atoms in total. The molecule has 1 heterocycles. The lowest BCUT2D eigenvalue weighted by Crippen LogP contribution is -2.39. The Balaban J connectivity index is 0.00000280. The number of para-hydroxylation sites is 1. The van der Waals surface area contributed by atoms with Crippen LogP contribution in [0.25, 0.3) is 11.1 Å². The maximum Gasteiger partial charge on any atom is 0.191 e. The van der Waals surface area contributed by atoms with Crippen LogP contribution in [0.5, 0.6) is 5.75 Å². The molecule has 3 aromatic rings. The lowest BCUT2D eigenvalue weighted by atomic mass is 10.1. The number of hydrogen-bond donors (Lipinski definition) is 2. The van der Waals surface area contributed by atoms with Crippen LogP contribution in [-0.4, -0.2) is 40.9 Å². The van der Waals surface area contributed by atoms with Crippen molar-refractivity contribution in [3.05, 3.63) is 66.7 Å². The number of nitrogens with zero attached hydrogens (tertiary/aromatic N) is 4. The minimum Gasteiger partial charge on any atom is -0.491 e. The Hall–Kier alpha value is -2.62. The van der Waals surface area contributed by atoms with Gasteiger partial charge in [0.25, 0.3) is 0 Å². The van der Waals surface area contributed by atoms with E-state index in [2.05, 4.69) is 43.9 Å². The third kappa shape index (κ3) is 5.95. The Morgan fingerprint density at radius 1 is 1.07 bits per heavy atom. The van der Waals surface area contributed by atoms with Crippen molar-refractivity contribution < 1.29 is 4.74 Å². The summed E-state index contributed by atoms with van der Waals surface area (Å²) < 4.78 is 7.71. The van der Waals surface area contributed by atoms with Crippen LogP contribution in [0, 0.1) is 0 Å². The molecular formula is C20H25IN6O. The van der Waals surface area contributed by atoms with Crippen molar-refractivity contribution >= 4 is 29.9 Å². The molecule has 0 radical (unpaired) electrons. The molecule has 0 fully saturated rings. The number of ether oxygens (including phenoxy) is 1. The van der Waals surface area contributed by atoms with Crippen LogP contribution in [-0.2, 0) is 13.6 Å². The van der Waals surface area contributed by atoms with E-state index in [0.717, 1.165) is 22.7 Å². The fraction of sp³-hybridized carbons (Fsp3) is 0.250. The second kappa shape index (κ2) is 11.3. The normalized spacial score (nSPS) is 10.9. The fourth-order valence-corrected chi connectivity index (χ4v) is 2.64. The average Bonchev–Trinajstić information content (AvgIpc) is 3.13. The van der Waals surface area contributed by atoms with E-state index in [1.165, 1.54) is 6.33 Å². The van der Waals surface area contributed by atoms with Gasteiger partial charge in [-0.1, -0.05) is 48.5 Å². The Bertz CT molecular complexity index is 881. The number of aryl methyl sites for hydroxylation is 1. The number of rotatable bonds is 7. The van der Waals surface area contributed by atoms with Crippen molar-refractivity contribution in [2.45, 2.75) is 6.54 Å². The molecule has 0 unspecified atom stereocenters. The molecule has 1 aromatic heterocycles. The first-order chi connectivity index (χ1) is 13.3. The van der Waals surface area contributed by atoms with Crippen molar-refractivity contribution in [1.82, 2.24) is 25.4 Å². The van der Waals surface area contributed by atoms with Crippen LogP contribution in [0.15, 0.2) is 65.9 Å². The summed E-state index contributed by atoms with van der Waals surface area (Å²) in [5.41, 5.74) is 2.23. The number of aromatic nitrogens is 3. The Labute approximate surface area is 182 Å². The molecule has 8 heteroatoms. The Morgan fingerprint density at radius 3 is 2.54 bits per heavy atom. The monoisotopic (exact) mass is 492 g/mol. The van der Waals surface area contributed by atoms with Gasteiger partial charge >= 0.3 is 0 Å². The maximum atomic E-state index is 5.98. The van der Waals surface area contributed by atoms with Gasteiger partial charge in [-0.2, -0.15) is 5.10 Å². The van der Waals surface area contributed by atoms with Crippen molar-refractivity contribution in [3.8, 4) is 16.9 Å². The van der Waals surface area contributed by atoms with Gasteiger partial charge in [-0.05, 0) is 11.6 Å². The zero-order valence-corrected chi connectivity index (χ0v) is 18.3. The standard InChI is InChI=1S/C20H24N6O.HI/c1-21-20(23-14-19-24-15-25-26(19)2)22-12-13-27-18-11-7-6-10-17(18)16-8-4-3-5-9-16;/h3-11,15H,12-14H2,1-2H3,(H2,21,22,23);1H. The molecule has 0 atom stereocenters. The van der Waals surface area contributed by atoms with Gasteiger partial charge in [-0.15, -0.1) is 24.0 Å². The number of nitrogens with one attached hydrogen (secondary N) is 2. The predicted molar refractivity (Wildman–Crippen MR) is 122 cm³/mol. The second-order valence-electron chi connectivity index (χ2n) is 5.86. The minimum absolute atomic E-state index is 0. The summed E-state index contributed by atoms with van der Waals surface area (Å²) in [6.45, 7) is 1.70. The quantitative estimate of drug-likeness (QED) is 0.230. The molecule has 2 aromatic carbocycles. The van der Waals surface area contributed by atoms with E-state index in [-0.39, 0.29) is 24.0 Å². The first kappa shape index (κ1) is 21.7. The highest BCUT2D eigenvalue weighted by molar-refractivity contribution is 14.0. The van der Waals surface area contributed by atoms with Gasteiger partial charge in [0.2, 0.25) is 0 Å². The van der Waals surface area contributed by atoms with Gasteiger partial charge in [0.1, 0.15) is 24.5 Å². The lowest BCUT2D eigenvalue weighted by molar-refractivity contribution is 0.323. The van der Waals surface area contributed by atoms with Crippen LogP contribution in [0.4, 0.5) is 0 Å². The summed E-state index contributed by atoms with van der Waals surface area (Å²) in [6, 6.07) is 18.3. The number of aliphatic imine (C=N–C) groups is 1. The summed E-state index contributed by atoms with van der Waals surface area (Å²) in [7, 11) is 3.59. The van der Waals surface area contributed by atoms with Gasteiger partial charge in [-0.25, -0.2) is 4.98 Å². The van der Waals surface area contributed by atoms with Gasteiger partial charge in [0.05, 0.1) is 13.1 Å². The van der Waals surface area contributed by atoms with E-state index in [1.54, 1.807) is 11.7 Å². The smallest absolute Gasteiger partial charge is 0.191 e. The van der Waals surface area contributed by atoms with Crippen LogP contribution in [0.1, 0.15) is 5.82 Å². The summed E-state index contributed by atoms with van der Waals surface area (Å²) in [5.74, 6) is 2.40. The molecule has 0 bridgehead atoms. The number of halogens is 1. The third-order valence-electron chi connectivity index (χ3n) is 4.07. The van der Waals surface area contributed by atoms with E-state index >= 15 is 0 Å². The SMILES string of the molecule is CN=C(NCCOc1ccccc1-c1ccccc1)NCc1ncnn1C.I. The fourth-order valence-electron chi connectivity index (χ4n) is 2.64. The lowest BCUT2D eigenvalue weighted by Gasteiger charge is -2.14. The van der Waals surface area contributed by atoms with Crippen molar-refractivity contribution in [2.75, 3.05) is 20.2 Å². The predicted octanol–water partition coefficient (Wildman–Crippen LogP) is 2.84. The molecule has 2 N–H and O–H groups in total. The van der Waals surface area contributed by atoms with E-state index in [0.29, 0.717) is 25.7 Å². The van der Waals surface area contributed by atoms with E-state index in [9.17, 15) is 0 Å². The zero-order valence-electron chi connectivity index (χ0n) is 16.0. The number of guanidine groups is 1. The Kier molecular flexibility index (Phi) is 8.73. The molecule has 28 heavy (non-hydrogen) atoms. The van der Waals surface area contributed by atoms with Gasteiger partial charge in [0.15, 0.2) is 5.96 Å². The van der Waals surface area contributed by atoms with Crippen molar-refractivity contribution in [1.29, 1.82) is 0 Å². The molecule has 0 saturated heterocycles.